The number of ketones is 1. The van der Waals surface area contributed by atoms with Gasteiger partial charge in [-0.15, -0.1) is 0 Å². The average molecular weight is 200 g/mol. The van der Waals surface area contributed by atoms with Gasteiger partial charge in [0.1, 0.15) is 0 Å². The van der Waals surface area contributed by atoms with Crippen LogP contribution in [0.1, 0.15) is 34.5 Å². The van der Waals surface area contributed by atoms with E-state index in [1.165, 1.54) is 5.56 Å². The molecule has 0 aromatic carbocycles. The predicted molar refractivity (Wildman–Crippen MR) is 57.2 cm³/mol. The molecule has 0 spiro atoms. The Morgan fingerprint density at radius 1 is 1.40 bits per heavy atom. The van der Waals surface area contributed by atoms with E-state index in [1.807, 2.05) is 29.8 Å². The Hall–Kier alpha value is -1.64. The third kappa shape index (κ3) is 1.19. The summed E-state index contributed by atoms with van der Waals surface area (Å²) in [6.45, 7) is 2.03. The number of carbonyl (C=O) groups excluding carboxylic acids is 1. The van der Waals surface area contributed by atoms with Gasteiger partial charge in [0.05, 0.1) is 16.8 Å². The fourth-order valence-corrected chi connectivity index (χ4v) is 2.22. The fraction of sp³-hybridized carbons (Fsp3) is 0.333. The molecule has 0 unspecified atom stereocenters. The highest BCUT2D eigenvalue weighted by Crippen LogP contribution is 2.25. The van der Waals surface area contributed by atoms with Gasteiger partial charge in [-0.3, -0.25) is 4.79 Å². The minimum absolute atomic E-state index is 0.247. The summed E-state index contributed by atoms with van der Waals surface area (Å²) in [4.78, 5) is 11.8. The highest BCUT2D eigenvalue weighted by molar-refractivity contribution is 6.04. The molecular formula is C12H12N2O. The number of nitrogens with zero attached hydrogens (tertiary/aromatic N) is 2. The van der Waals surface area contributed by atoms with E-state index in [9.17, 15) is 4.79 Å². The maximum absolute atomic E-state index is 11.8. The fourth-order valence-electron chi connectivity index (χ4n) is 2.22. The number of fused-ring (bicyclic) bond motifs is 3. The lowest BCUT2D eigenvalue weighted by atomic mass is 9.95. The number of hydrogen-bond acceptors (Lipinski definition) is 2. The molecule has 3 heteroatoms. The summed E-state index contributed by atoms with van der Waals surface area (Å²) in [6.07, 6.45) is 4.47. The standard InChI is InChI=1S/C12H12N2O/c1-8-5-6-14-10(7-8)12-9(13-14)3-2-4-11(12)15/h5-7H,2-4H2,1H3. The lowest BCUT2D eigenvalue weighted by molar-refractivity contribution is 0.0974. The van der Waals surface area contributed by atoms with Crippen molar-refractivity contribution in [1.82, 2.24) is 9.61 Å². The van der Waals surface area contributed by atoms with Crippen molar-refractivity contribution >= 4 is 11.3 Å². The first-order valence-corrected chi connectivity index (χ1v) is 5.27. The molecule has 1 aliphatic carbocycles. The van der Waals surface area contributed by atoms with Gasteiger partial charge < -0.3 is 0 Å². The SMILES string of the molecule is Cc1ccn2nc3c(c2c1)C(=O)CCC3. The van der Waals surface area contributed by atoms with Crippen LogP contribution in [0.2, 0.25) is 0 Å². The summed E-state index contributed by atoms with van der Waals surface area (Å²) in [5, 5.41) is 4.44. The van der Waals surface area contributed by atoms with E-state index < -0.39 is 0 Å². The minimum Gasteiger partial charge on any atom is -0.294 e. The van der Waals surface area contributed by atoms with Gasteiger partial charge in [0.15, 0.2) is 5.78 Å². The van der Waals surface area contributed by atoms with Crippen LogP contribution in [0.4, 0.5) is 0 Å². The zero-order valence-corrected chi connectivity index (χ0v) is 8.66. The van der Waals surface area contributed by atoms with Crippen LogP contribution >= 0.6 is 0 Å². The molecule has 2 aromatic heterocycles. The first-order valence-electron chi connectivity index (χ1n) is 5.27. The Kier molecular flexibility index (Phi) is 1.69. The van der Waals surface area contributed by atoms with Gasteiger partial charge in [0.25, 0.3) is 0 Å². The van der Waals surface area contributed by atoms with E-state index >= 15 is 0 Å². The van der Waals surface area contributed by atoms with Crippen molar-refractivity contribution in [2.45, 2.75) is 26.2 Å². The second-order valence-electron chi connectivity index (χ2n) is 4.13. The highest BCUT2D eigenvalue weighted by atomic mass is 16.1. The average Bonchev–Trinajstić information content (AvgIpc) is 2.57. The number of aromatic nitrogens is 2. The molecular weight excluding hydrogens is 188 g/mol. The van der Waals surface area contributed by atoms with Crippen LogP contribution in [0.15, 0.2) is 18.3 Å². The molecule has 0 saturated carbocycles. The number of hydrogen-bond donors (Lipinski definition) is 0. The molecule has 0 aliphatic heterocycles. The number of carbonyl (C=O) groups is 1. The molecule has 0 atom stereocenters. The minimum atomic E-state index is 0.247. The van der Waals surface area contributed by atoms with Gasteiger partial charge in [-0.25, -0.2) is 4.52 Å². The van der Waals surface area contributed by atoms with Crippen LogP contribution in [-0.2, 0) is 6.42 Å². The van der Waals surface area contributed by atoms with Gasteiger partial charge >= 0.3 is 0 Å². The largest absolute Gasteiger partial charge is 0.294 e. The Morgan fingerprint density at radius 2 is 2.27 bits per heavy atom. The summed E-state index contributed by atoms with van der Waals surface area (Å²) in [5.41, 5.74) is 3.96. The third-order valence-corrected chi connectivity index (χ3v) is 2.96. The van der Waals surface area contributed by atoms with Crippen molar-refractivity contribution in [3.05, 3.63) is 35.2 Å². The lowest BCUT2D eigenvalue weighted by Crippen LogP contribution is -2.09. The number of pyridine rings is 1. The van der Waals surface area contributed by atoms with Crippen LogP contribution in [-0.4, -0.2) is 15.4 Å². The molecule has 0 amide bonds. The van der Waals surface area contributed by atoms with Gasteiger partial charge in [-0.05, 0) is 37.5 Å². The molecule has 0 fully saturated rings. The second-order valence-corrected chi connectivity index (χ2v) is 4.13. The lowest BCUT2D eigenvalue weighted by Gasteiger charge is -2.07. The van der Waals surface area contributed by atoms with Crippen LogP contribution in [0.5, 0.6) is 0 Å². The summed E-state index contributed by atoms with van der Waals surface area (Å²) < 4.78 is 1.82. The van der Waals surface area contributed by atoms with E-state index in [1.54, 1.807) is 0 Å². The summed E-state index contributed by atoms with van der Waals surface area (Å²) in [6, 6.07) is 4.05. The van der Waals surface area contributed by atoms with Gasteiger partial charge in [0.2, 0.25) is 0 Å². The van der Waals surface area contributed by atoms with Gasteiger partial charge in [-0.2, -0.15) is 5.10 Å². The van der Waals surface area contributed by atoms with Gasteiger partial charge in [-0.1, -0.05) is 0 Å². The summed E-state index contributed by atoms with van der Waals surface area (Å²) >= 11 is 0. The number of aryl methyl sites for hydroxylation is 2. The summed E-state index contributed by atoms with van der Waals surface area (Å²) in [5.74, 6) is 0.247. The van der Waals surface area contributed by atoms with E-state index in [2.05, 4.69) is 5.10 Å². The van der Waals surface area contributed by atoms with Crippen molar-refractivity contribution in [2.75, 3.05) is 0 Å². The van der Waals surface area contributed by atoms with Crippen molar-refractivity contribution in [1.29, 1.82) is 0 Å². The van der Waals surface area contributed by atoms with Crippen molar-refractivity contribution in [3.8, 4) is 0 Å². The van der Waals surface area contributed by atoms with Crippen molar-refractivity contribution in [3.63, 3.8) is 0 Å². The first kappa shape index (κ1) is 8.65. The molecule has 0 saturated heterocycles. The predicted octanol–water partition coefficient (Wildman–Crippen LogP) is 2.16. The Labute approximate surface area is 87.7 Å². The van der Waals surface area contributed by atoms with E-state index in [-0.39, 0.29) is 5.78 Å². The topological polar surface area (TPSA) is 34.4 Å². The maximum atomic E-state index is 11.8. The van der Waals surface area contributed by atoms with Crippen molar-refractivity contribution < 1.29 is 4.79 Å². The smallest absolute Gasteiger partial charge is 0.166 e. The maximum Gasteiger partial charge on any atom is 0.166 e. The first-order chi connectivity index (χ1) is 7.25. The number of Topliss-reactive ketones (excluding diaryl/α,β-unsaturated/α-hetero) is 1. The van der Waals surface area contributed by atoms with Crippen LogP contribution < -0.4 is 0 Å². The van der Waals surface area contributed by atoms with Gasteiger partial charge in [0, 0.05) is 12.6 Å². The Bertz CT molecular complexity index is 554. The molecule has 76 valence electrons. The summed E-state index contributed by atoms with van der Waals surface area (Å²) in [7, 11) is 0. The Balaban J connectivity index is 2.38. The third-order valence-electron chi connectivity index (χ3n) is 2.96. The van der Waals surface area contributed by atoms with Crippen LogP contribution in [0.25, 0.3) is 5.52 Å². The second kappa shape index (κ2) is 2.92. The Morgan fingerprint density at radius 3 is 3.13 bits per heavy atom. The molecule has 0 radical (unpaired) electrons. The molecule has 2 heterocycles. The molecule has 1 aliphatic rings. The molecule has 3 rings (SSSR count). The number of rotatable bonds is 0. The normalized spacial score (nSPS) is 15.7. The molecule has 0 N–H and O–H groups in total. The van der Waals surface area contributed by atoms with Crippen LogP contribution in [0, 0.1) is 6.92 Å². The van der Waals surface area contributed by atoms with E-state index in [0.29, 0.717) is 6.42 Å². The zero-order valence-electron chi connectivity index (χ0n) is 8.66. The molecule has 0 bridgehead atoms. The quantitative estimate of drug-likeness (QED) is 0.653. The molecule has 15 heavy (non-hydrogen) atoms. The van der Waals surface area contributed by atoms with E-state index in [0.717, 1.165) is 29.6 Å². The monoisotopic (exact) mass is 200 g/mol. The van der Waals surface area contributed by atoms with E-state index in [4.69, 9.17) is 0 Å². The zero-order chi connectivity index (χ0) is 10.4. The van der Waals surface area contributed by atoms with Crippen LogP contribution in [0.3, 0.4) is 0 Å². The highest BCUT2D eigenvalue weighted by Gasteiger charge is 2.23. The van der Waals surface area contributed by atoms with Crippen molar-refractivity contribution in [2.24, 2.45) is 0 Å². The molecule has 3 nitrogen and oxygen atoms in total. The molecule has 2 aromatic rings.